The Hall–Kier alpha value is -3.65. The molecule has 0 spiro atoms. The Morgan fingerprint density at radius 1 is 1.12 bits per heavy atom. The predicted octanol–water partition coefficient (Wildman–Crippen LogP) is 3.94. The van der Waals surface area contributed by atoms with Gasteiger partial charge in [-0.2, -0.15) is 0 Å². The number of ether oxygens (including phenoxy) is 1. The number of carbonyl (C=O) groups is 2. The van der Waals surface area contributed by atoms with E-state index in [-0.39, 0.29) is 23.8 Å². The molecule has 2 amide bonds. The first kappa shape index (κ1) is 25.0. The summed E-state index contributed by atoms with van der Waals surface area (Å²) >= 11 is 0. The van der Waals surface area contributed by atoms with Crippen LogP contribution in [0.2, 0.25) is 0 Å². The second-order valence-corrected chi connectivity index (χ2v) is 9.08. The first-order valence-electron chi connectivity index (χ1n) is 11.2. The second kappa shape index (κ2) is 11.0. The van der Waals surface area contributed by atoms with Crippen LogP contribution in [0.5, 0.6) is 5.75 Å². The molecule has 0 aliphatic carbocycles. The van der Waals surface area contributed by atoms with Gasteiger partial charge in [-0.05, 0) is 55.6 Å². The lowest BCUT2D eigenvalue weighted by molar-refractivity contribution is -0.118. The molecule has 34 heavy (non-hydrogen) atoms. The number of benzene rings is 2. The SMILES string of the molecule is Cc1noc(C)c1C(=O)N(Cc1cccc(NC(=O)COc2ccccc2)c1)CC(C)(C)CN. The van der Waals surface area contributed by atoms with Crippen molar-refractivity contribution >= 4 is 17.5 Å². The molecule has 3 rings (SSSR count). The maximum Gasteiger partial charge on any atom is 0.262 e. The van der Waals surface area contributed by atoms with Crippen LogP contribution in [-0.2, 0) is 11.3 Å². The fourth-order valence-electron chi connectivity index (χ4n) is 3.56. The van der Waals surface area contributed by atoms with Crippen LogP contribution < -0.4 is 15.8 Å². The molecular weight excluding hydrogens is 432 g/mol. The van der Waals surface area contributed by atoms with Gasteiger partial charge >= 0.3 is 0 Å². The number of hydrogen-bond donors (Lipinski definition) is 2. The zero-order chi connectivity index (χ0) is 24.7. The second-order valence-electron chi connectivity index (χ2n) is 9.08. The molecule has 0 aliphatic rings. The van der Waals surface area contributed by atoms with Crippen LogP contribution in [0.25, 0.3) is 0 Å². The van der Waals surface area contributed by atoms with E-state index in [0.717, 1.165) is 5.56 Å². The summed E-state index contributed by atoms with van der Waals surface area (Å²) in [4.78, 5) is 27.5. The third-order valence-electron chi connectivity index (χ3n) is 5.40. The van der Waals surface area contributed by atoms with E-state index in [1.807, 2.05) is 50.2 Å². The maximum atomic E-state index is 13.4. The van der Waals surface area contributed by atoms with E-state index in [1.165, 1.54) is 0 Å². The van der Waals surface area contributed by atoms with Crippen LogP contribution in [0, 0.1) is 19.3 Å². The summed E-state index contributed by atoms with van der Waals surface area (Å²) in [5.41, 5.74) is 8.18. The number of anilines is 1. The number of aryl methyl sites for hydroxylation is 2. The van der Waals surface area contributed by atoms with Gasteiger partial charge in [-0.1, -0.05) is 49.3 Å². The van der Waals surface area contributed by atoms with Crippen LogP contribution >= 0.6 is 0 Å². The minimum atomic E-state index is -0.283. The standard InChI is InChI=1S/C26H32N4O4/c1-18-24(19(2)34-29-18)25(32)30(17-26(3,4)16-27)14-20-9-8-10-21(13-20)28-23(31)15-33-22-11-6-5-7-12-22/h5-13H,14-17,27H2,1-4H3,(H,28,31). The molecule has 180 valence electrons. The molecule has 3 aromatic rings. The third kappa shape index (κ3) is 6.68. The Kier molecular flexibility index (Phi) is 8.07. The van der Waals surface area contributed by atoms with Gasteiger partial charge < -0.3 is 25.2 Å². The average Bonchev–Trinajstić information content (AvgIpc) is 3.15. The Morgan fingerprint density at radius 3 is 2.50 bits per heavy atom. The third-order valence-corrected chi connectivity index (χ3v) is 5.40. The van der Waals surface area contributed by atoms with E-state index >= 15 is 0 Å². The van der Waals surface area contributed by atoms with Gasteiger partial charge in [-0.15, -0.1) is 0 Å². The van der Waals surface area contributed by atoms with Crippen molar-refractivity contribution in [2.24, 2.45) is 11.1 Å². The van der Waals surface area contributed by atoms with E-state index in [2.05, 4.69) is 10.5 Å². The van der Waals surface area contributed by atoms with Crippen molar-refractivity contribution in [2.45, 2.75) is 34.2 Å². The lowest BCUT2D eigenvalue weighted by Crippen LogP contribution is -2.42. The molecule has 0 saturated carbocycles. The largest absolute Gasteiger partial charge is 0.484 e. The number of nitrogens with zero attached hydrogens (tertiary/aromatic N) is 2. The van der Waals surface area contributed by atoms with Gasteiger partial charge in [-0.3, -0.25) is 9.59 Å². The van der Waals surface area contributed by atoms with Crippen LogP contribution in [-0.4, -0.2) is 41.6 Å². The van der Waals surface area contributed by atoms with Crippen molar-refractivity contribution in [2.75, 3.05) is 25.0 Å². The molecule has 0 aliphatic heterocycles. The molecule has 0 fully saturated rings. The molecule has 0 saturated heterocycles. The highest BCUT2D eigenvalue weighted by molar-refractivity contribution is 5.96. The number of amides is 2. The zero-order valence-electron chi connectivity index (χ0n) is 20.1. The van der Waals surface area contributed by atoms with Gasteiger partial charge in [0.15, 0.2) is 6.61 Å². The zero-order valence-corrected chi connectivity index (χ0v) is 20.1. The highest BCUT2D eigenvalue weighted by atomic mass is 16.5. The van der Waals surface area contributed by atoms with E-state index in [4.69, 9.17) is 15.0 Å². The van der Waals surface area contributed by atoms with Crippen LogP contribution in [0.15, 0.2) is 59.1 Å². The summed E-state index contributed by atoms with van der Waals surface area (Å²) in [5, 5.41) is 6.77. The normalized spacial score (nSPS) is 11.2. The molecule has 8 nitrogen and oxygen atoms in total. The average molecular weight is 465 g/mol. The monoisotopic (exact) mass is 464 g/mol. The molecule has 2 aromatic carbocycles. The van der Waals surface area contributed by atoms with E-state index < -0.39 is 0 Å². The maximum absolute atomic E-state index is 13.4. The van der Waals surface area contributed by atoms with Crippen molar-refractivity contribution < 1.29 is 18.8 Å². The van der Waals surface area contributed by atoms with Gasteiger partial charge in [-0.25, -0.2) is 0 Å². The number of nitrogens with two attached hydrogens (primary N) is 1. The summed E-state index contributed by atoms with van der Waals surface area (Å²) in [6.07, 6.45) is 0. The van der Waals surface area contributed by atoms with Crippen molar-refractivity contribution in [3.05, 3.63) is 77.2 Å². The van der Waals surface area contributed by atoms with Crippen LogP contribution in [0.3, 0.4) is 0 Å². The lowest BCUT2D eigenvalue weighted by atomic mass is 9.92. The highest BCUT2D eigenvalue weighted by Gasteiger charge is 2.28. The first-order valence-corrected chi connectivity index (χ1v) is 11.2. The molecule has 0 unspecified atom stereocenters. The molecule has 0 bridgehead atoms. The van der Waals surface area contributed by atoms with E-state index in [1.54, 1.807) is 36.9 Å². The molecule has 3 N–H and O–H groups in total. The van der Waals surface area contributed by atoms with E-state index in [9.17, 15) is 9.59 Å². The molecule has 0 radical (unpaired) electrons. The number of aromatic nitrogens is 1. The summed E-state index contributed by atoms with van der Waals surface area (Å²) in [6.45, 7) is 8.64. The van der Waals surface area contributed by atoms with Gasteiger partial charge in [0.2, 0.25) is 0 Å². The fourth-order valence-corrected chi connectivity index (χ4v) is 3.56. The van der Waals surface area contributed by atoms with Crippen molar-refractivity contribution in [1.29, 1.82) is 0 Å². The number of nitrogens with one attached hydrogen (secondary N) is 1. The molecule has 1 heterocycles. The number of carbonyl (C=O) groups excluding carboxylic acids is 2. The predicted molar refractivity (Wildman–Crippen MR) is 131 cm³/mol. The lowest BCUT2D eigenvalue weighted by Gasteiger charge is -2.32. The van der Waals surface area contributed by atoms with Gasteiger partial charge in [0.25, 0.3) is 11.8 Å². The topological polar surface area (TPSA) is 111 Å². The highest BCUT2D eigenvalue weighted by Crippen LogP contribution is 2.23. The molecule has 0 atom stereocenters. The Bertz CT molecular complexity index is 1110. The van der Waals surface area contributed by atoms with Gasteiger partial charge in [0.05, 0.1) is 5.69 Å². The number of rotatable bonds is 10. The fraction of sp³-hybridized carbons (Fsp3) is 0.346. The summed E-state index contributed by atoms with van der Waals surface area (Å²) in [7, 11) is 0. The van der Waals surface area contributed by atoms with Gasteiger partial charge in [0.1, 0.15) is 17.1 Å². The van der Waals surface area contributed by atoms with E-state index in [0.29, 0.717) is 48.1 Å². The quantitative estimate of drug-likeness (QED) is 0.470. The van der Waals surface area contributed by atoms with Crippen LogP contribution in [0.4, 0.5) is 5.69 Å². The van der Waals surface area contributed by atoms with Crippen molar-refractivity contribution in [3.8, 4) is 5.75 Å². The minimum absolute atomic E-state index is 0.102. The minimum Gasteiger partial charge on any atom is -0.484 e. The van der Waals surface area contributed by atoms with Gasteiger partial charge in [0, 0.05) is 18.8 Å². The number of para-hydroxylation sites is 1. The Morgan fingerprint density at radius 2 is 1.85 bits per heavy atom. The van der Waals surface area contributed by atoms with Crippen LogP contribution in [0.1, 0.15) is 41.2 Å². The smallest absolute Gasteiger partial charge is 0.262 e. The summed E-state index contributed by atoms with van der Waals surface area (Å²) in [6, 6.07) is 16.6. The van der Waals surface area contributed by atoms with Crippen molar-refractivity contribution in [1.82, 2.24) is 10.1 Å². The molecular formula is C26H32N4O4. The Labute approximate surface area is 200 Å². The van der Waals surface area contributed by atoms with Crippen molar-refractivity contribution in [3.63, 3.8) is 0 Å². The Balaban J connectivity index is 1.73. The summed E-state index contributed by atoms with van der Waals surface area (Å²) in [5.74, 6) is 0.678. The summed E-state index contributed by atoms with van der Waals surface area (Å²) < 4.78 is 10.7. The molecule has 1 aromatic heterocycles. The number of hydrogen-bond acceptors (Lipinski definition) is 6. The first-order chi connectivity index (χ1) is 16.2. The molecule has 8 heteroatoms.